The Morgan fingerprint density at radius 2 is 2.10 bits per heavy atom. The molecule has 3 aromatic rings. The standard InChI is InChI=1S/C13H9BrCl2N4O/c1-20-13-8(5-17-20)12(16)18-11(19-13)6-21-10-3-2-7(15)4-9(10)14/h2-5H,6H2,1H3. The fraction of sp³-hybridized carbons (Fsp3) is 0.154. The summed E-state index contributed by atoms with van der Waals surface area (Å²) in [7, 11) is 1.80. The molecule has 0 aliphatic rings. The molecule has 0 radical (unpaired) electrons. The molecule has 0 N–H and O–H groups in total. The van der Waals surface area contributed by atoms with Gasteiger partial charge in [0.2, 0.25) is 0 Å². The molecule has 0 atom stereocenters. The smallest absolute Gasteiger partial charge is 0.170 e. The highest BCUT2D eigenvalue weighted by Crippen LogP contribution is 2.28. The Kier molecular flexibility index (Phi) is 4.01. The van der Waals surface area contributed by atoms with Gasteiger partial charge in [-0.2, -0.15) is 5.10 Å². The summed E-state index contributed by atoms with van der Waals surface area (Å²) in [6.07, 6.45) is 1.64. The Hall–Kier alpha value is -1.37. The SMILES string of the molecule is Cn1ncc2c(Cl)nc(COc3ccc(Cl)cc3Br)nc21. The van der Waals surface area contributed by atoms with E-state index in [0.717, 1.165) is 9.86 Å². The normalized spacial score (nSPS) is 11.0. The molecule has 1 aromatic carbocycles. The number of aryl methyl sites for hydroxylation is 1. The van der Waals surface area contributed by atoms with Crippen molar-refractivity contribution in [3.63, 3.8) is 0 Å². The fourth-order valence-corrected chi connectivity index (χ4v) is 2.86. The highest BCUT2D eigenvalue weighted by Gasteiger charge is 2.11. The molecule has 2 aromatic heterocycles. The van der Waals surface area contributed by atoms with Gasteiger partial charge in [-0.05, 0) is 34.1 Å². The van der Waals surface area contributed by atoms with E-state index in [1.165, 1.54) is 0 Å². The maximum atomic E-state index is 6.12. The lowest BCUT2D eigenvalue weighted by atomic mass is 10.3. The molecule has 3 rings (SSSR count). The summed E-state index contributed by atoms with van der Waals surface area (Å²) in [6, 6.07) is 5.28. The molecule has 0 amide bonds. The van der Waals surface area contributed by atoms with Crippen LogP contribution in [0.2, 0.25) is 10.2 Å². The molecule has 0 aliphatic heterocycles. The number of halogens is 3. The van der Waals surface area contributed by atoms with Gasteiger partial charge in [0.25, 0.3) is 0 Å². The number of rotatable bonds is 3. The molecule has 108 valence electrons. The molecule has 0 bridgehead atoms. The van der Waals surface area contributed by atoms with Crippen LogP contribution in [-0.4, -0.2) is 19.7 Å². The van der Waals surface area contributed by atoms with Crippen molar-refractivity contribution in [3.8, 4) is 5.75 Å². The number of nitrogens with zero attached hydrogens (tertiary/aromatic N) is 4. The predicted octanol–water partition coefficient (Wildman–Crippen LogP) is 4.01. The Balaban J connectivity index is 1.86. The first-order valence-electron chi connectivity index (χ1n) is 5.96. The van der Waals surface area contributed by atoms with Crippen molar-refractivity contribution in [3.05, 3.63) is 44.9 Å². The van der Waals surface area contributed by atoms with E-state index in [2.05, 4.69) is 31.0 Å². The molecule has 0 saturated carbocycles. The molecular weight excluding hydrogens is 379 g/mol. The molecule has 0 aliphatic carbocycles. The zero-order valence-electron chi connectivity index (χ0n) is 10.8. The number of hydrogen-bond acceptors (Lipinski definition) is 4. The van der Waals surface area contributed by atoms with E-state index in [1.54, 1.807) is 36.1 Å². The zero-order chi connectivity index (χ0) is 15.0. The summed E-state index contributed by atoms with van der Waals surface area (Å²) in [5, 5.41) is 5.82. The molecule has 0 spiro atoms. The minimum Gasteiger partial charge on any atom is -0.484 e. The Labute approximate surface area is 139 Å². The third-order valence-electron chi connectivity index (χ3n) is 2.84. The highest BCUT2D eigenvalue weighted by atomic mass is 79.9. The van der Waals surface area contributed by atoms with Crippen LogP contribution in [0.5, 0.6) is 5.75 Å². The average Bonchev–Trinajstić information content (AvgIpc) is 2.80. The molecule has 2 heterocycles. The van der Waals surface area contributed by atoms with Gasteiger partial charge >= 0.3 is 0 Å². The van der Waals surface area contributed by atoms with Crippen molar-refractivity contribution in [2.45, 2.75) is 6.61 Å². The lowest BCUT2D eigenvalue weighted by Crippen LogP contribution is -2.04. The second-order valence-corrected chi connectivity index (χ2v) is 5.95. The van der Waals surface area contributed by atoms with Crippen LogP contribution < -0.4 is 4.74 Å². The first kappa shape index (κ1) is 14.6. The van der Waals surface area contributed by atoms with Crippen molar-refractivity contribution in [1.29, 1.82) is 0 Å². The Morgan fingerprint density at radius 1 is 1.29 bits per heavy atom. The molecular formula is C13H9BrCl2N4O. The maximum Gasteiger partial charge on any atom is 0.170 e. The van der Waals surface area contributed by atoms with Gasteiger partial charge in [-0.3, -0.25) is 4.68 Å². The van der Waals surface area contributed by atoms with E-state index < -0.39 is 0 Å². The number of ether oxygens (including phenoxy) is 1. The van der Waals surface area contributed by atoms with Crippen molar-refractivity contribution in [2.75, 3.05) is 0 Å². The van der Waals surface area contributed by atoms with Gasteiger partial charge in [0.1, 0.15) is 17.5 Å². The molecule has 0 unspecified atom stereocenters. The average molecular weight is 388 g/mol. The van der Waals surface area contributed by atoms with Crippen LogP contribution in [-0.2, 0) is 13.7 Å². The van der Waals surface area contributed by atoms with Crippen LogP contribution >= 0.6 is 39.1 Å². The van der Waals surface area contributed by atoms with Crippen LogP contribution in [0.25, 0.3) is 11.0 Å². The van der Waals surface area contributed by atoms with Crippen LogP contribution in [0.15, 0.2) is 28.9 Å². The minimum atomic E-state index is 0.196. The number of aromatic nitrogens is 4. The van der Waals surface area contributed by atoms with E-state index in [1.807, 2.05) is 0 Å². The zero-order valence-corrected chi connectivity index (χ0v) is 13.9. The largest absolute Gasteiger partial charge is 0.484 e. The summed E-state index contributed by atoms with van der Waals surface area (Å²) in [5.74, 6) is 1.14. The van der Waals surface area contributed by atoms with Crippen LogP contribution in [0.4, 0.5) is 0 Å². The summed E-state index contributed by atoms with van der Waals surface area (Å²) in [6.45, 7) is 0.196. The third kappa shape index (κ3) is 2.97. The summed E-state index contributed by atoms with van der Waals surface area (Å²) >= 11 is 15.4. The van der Waals surface area contributed by atoms with Crippen molar-refractivity contribution in [1.82, 2.24) is 19.7 Å². The van der Waals surface area contributed by atoms with Crippen molar-refractivity contribution < 1.29 is 4.74 Å². The Morgan fingerprint density at radius 3 is 2.86 bits per heavy atom. The van der Waals surface area contributed by atoms with Gasteiger partial charge in [0.05, 0.1) is 16.1 Å². The second kappa shape index (κ2) is 5.79. The van der Waals surface area contributed by atoms with Crippen molar-refractivity contribution >= 4 is 50.2 Å². The minimum absolute atomic E-state index is 0.196. The van der Waals surface area contributed by atoms with E-state index in [-0.39, 0.29) is 6.61 Å². The van der Waals surface area contributed by atoms with Crippen LogP contribution in [0, 0.1) is 0 Å². The first-order chi connectivity index (χ1) is 10.0. The predicted molar refractivity (Wildman–Crippen MR) is 84.8 cm³/mol. The highest BCUT2D eigenvalue weighted by molar-refractivity contribution is 9.10. The van der Waals surface area contributed by atoms with Gasteiger partial charge in [-0.1, -0.05) is 23.2 Å². The molecule has 5 nitrogen and oxygen atoms in total. The maximum absolute atomic E-state index is 6.12. The number of benzene rings is 1. The molecule has 0 saturated heterocycles. The molecule has 8 heteroatoms. The van der Waals surface area contributed by atoms with Gasteiger partial charge < -0.3 is 4.74 Å². The second-order valence-electron chi connectivity index (χ2n) is 4.30. The topological polar surface area (TPSA) is 52.8 Å². The van der Waals surface area contributed by atoms with Crippen molar-refractivity contribution in [2.24, 2.45) is 7.05 Å². The van der Waals surface area contributed by atoms with E-state index in [9.17, 15) is 0 Å². The monoisotopic (exact) mass is 386 g/mol. The number of fused-ring (bicyclic) bond motifs is 1. The van der Waals surface area contributed by atoms with Gasteiger partial charge in [-0.15, -0.1) is 0 Å². The fourth-order valence-electron chi connectivity index (χ4n) is 1.83. The van der Waals surface area contributed by atoms with Gasteiger partial charge in [0.15, 0.2) is 11.5 Å². The summed E-state index contributed by atoms with van der Waals surface area (Å²) in [5.41, 5.74) is 0.670. The Bertz CT molecular complexity index is 821. The lowest BCUT2D eigenvalue weighted by molar-refractivity contribution is 0.294. The van der Waals surface area contributed by atoms with Gasteiger partial charge in [-0.25, -0.2) is 9.97 Å². The third-order valence-corrected chi connectivity index (χ3v) is 3.99. The first-order valence-corrected chi connectivity index (χ1v) is 7.51. The molecule has 0 fully saturated rings. The molecule has 21 heavy (non-hydrogen) atoms. The summed E-state index contributed by atoms with van der Waals surface area (Å²) in [4.78, 5) is 8.61. The van der Waals surface area contributed by atoms with Gasteiger partial charge in [0, 0.05) is 12.1 Å². The van der Waals surface area contributed by atoms with E-state index in [4.69, 9.17) is 27.9 Å². The van der Waals surface area contributed by atoms with Crippen LogP contribution in [0.1, 0.15) is 5.82 Å². The number of hydrogen-bond donors (Lipinski definition) is 0. The van der Waals surface area contributed by atoms with E-state index in [0.29, 0.717) is 27.4 Å². The van der Waals surface area contributed by atoms with Crippen LogP contribution in [0.3, 0.4) is 0 Å². The quantitative estimate of drug-likeness (QED) is 0.637. The lowest BCUT2D eigenvalue weighted by Gasteiger charge is -2.08. The summed E-state index contributed by atoms with van der Waals surface area (Å²) < 4.78 is 8.09. The van der Waals surface area contributed by atoms with E-state index >= 15 is 0 Å².